The highest BCUT2D eigenvalue weighted by atomic mass is 32.1. The molecule has 0 aliphatic heterocycles. The summed E-state index contributed by atoms with van der Waals surface area (Å²) in [5.74, 6) is -0.990. The molecule has 0 aliphatic rings. The molecule has 1 aromatic carbocycles. The van der Waals surface area contributed by atoms with Crippen LogP contribution >= 0.6 is 12.2 Å². The zero-order chi connectivity index (χ0) is 13.7. The van der Waals surface area contributed by atoms with E-state index >= 15 is 0 Å². The first kappa shape index (κ1) is 14.4. The minimum Gasteiger partial charge on any atom is -0.419 e. The van der Waals surface area contributed by atoms with Crippen LogP contribution in [0.4, 0.5) is 4.79 Å². The molecule has 0 aliphatic carbocycles. The molecule has 0 fully saturated rings. The summed E-state index contributed by atoms with van der Waals surface area (Å²) in [5, 5.41) is 19.6. The molecule has 0 heterocycles. The van der Waals surface area contributed by atoms with Gasteiger partial charge >= 0.3 is 6.09 Å². The lowest BCUT2D eigenvalue weighted by Gasteiger charge is -2.26. The van der Waals surface area contributed by atoms with Gasteiger partial charge in [-0.3, -0.25) is 0 Å². The van der Waals surface area contributed by atoms with Crippen molar-refractivity contribution in [1.82, 2.24) is 0 Å². The normalized spacial score (nSPS) is 15.4. The molecule has 7 heteroatoms. The number of rotatable bonds is 5. The van der Waals surface area contributed by atoms with Gasteiger partial charge in [0.05, 0.1) is 5.92 Å². The number of carbonyl (C=O) groups excluding carboxylic acids is 1. The van der Waals surface area contributed by atoms with Gasteiger partial charge in [0.2, 0.25) is 6.29 Å². The first-order chi connectivity index (χ1) is 8.43. The predicted octanol–water partition coefficient (Wildman–Crippen LogP) is -0.169. The average Bonchev–Trinajstić information content (AvgIpc) is 2.29. The topological polar surface area (TPSA) is 119 Å². The maximum Gasteiger partial charge on any atom is 0.406 e. The third kappa shape index (κ3) is 3.66. The van der Waals surface area contributed by atoms with Gasteiger partial charge < -0.3 is 26.4 Å². The van der Waals surface area contributed by atoms with Crippen LogP contribution in [-0.4, -0.2) is 33.7 Å². The van der Waals surface area contributed by atoms with Crippen LogP contribution in [-0.2, 0) is 4.74 Å². The zero-order valence-electron chi connectivity index (χ0n) is 9.39. The van der Waals surface area contributed by atoms with Gasteiger partial charge in [0.25, 0.3) is 0 Å². The second-order valence-corrected chi connectivity index (χ2v) is 4.08. The summed E-state index contributed by atoms with van der Waals surface area (Å²) in [7, 11) is 0. The summed E-state index contributed by atoms with van der Waals surface area (Å²) in [4.78, 5) is 10.4. The van der Waals surface area contributed by atoms with Gasteiger partial charge in [-0.05, 0) is 5.56 Å². The van der Waals surface area contributed by atoms with Gasteiger partial charge in [0.15, 0.2) is 0 Å². The highest BCUT2D eigenvalue weighted by Gasteiger charge is 2.32. The lowest BCUT2D eigenvalue weighted by Crippen LogP contribution is -2.41. The van der Waals surface area contributed by atoms with Gasteiger partial charge in [-0.15, -0.1) is 0 Å². The smallest absolute Gasteiger partial charge is 0.406 e. The van der Waals surface area contributed by atoms with Gasteiger partial charge in [0.1, 0.15) is 11.1 Å². The molecule has 98 valence electrons. The van der Waals surface area contributed by atoms with Crippen LogP contribution in [0.1, 0.15) is 11.5 Å². The van der Waals surface area contributed by atoms with E-state index in [1.807, 2.05) is 0 Å². The van der Waals surface area contributed by atoms with Crippen LogP contribution in [0.25, 0.3) is 0 Å². The fraction of sp³-hybridized carbons (Fsp3) is 0.273. The Bertz CT molecular complexity index is 426. The number of benzene rings is 1. The van der Waals surface area contributed by atoms with E-state index in [2.05, 4.69) is 17.0 Å². The molecule has 6 nitrogen and oxygen atoms in total. The molecule has 1 amide bonds. The monoisotopic (exact) mass is 270 g/mol. The van der Waals surface area contributed by atoms with E-state index in [1.165, 1.54) is 0 Å². The number of nitrogens with two attached hydrogens (primary N) is 2. The fourth-order valence-electron chi connectivity index (χ4n) is 1.55. The number of thiocarbonyl (C=S) groups is 1. The Labute approximate surface area is 109 Å². The lowest BCUT2D eigenvalue weighted by molar-refractivity contribution is -0.0828. The molecular formula is C11H14N2O4S. The molecule has 3 atom stereocenters. The van der Waals surface area contributed by atoms with Crippen LogP contribution in [0, 0.1) is 0 Å². The van der Waals surface area contributed by atoms with Gasteiger partial charge in [-0.1, -0.05) is 42.5 Å². The van der Waals surface area contributed by atoms with Crippen molar-refractivity contribution in [3.63, 3.8) is 0 Å². The fourth-order valence-corrected chi connectivity index (χ4v) is 1.69. The molecule has 0 saturated carbocycles. The maximum atomic E-state index is 10.6. The number of aliphatic hydroxyl groups is 2. The summed E-state index contributed by atoms with van der Waals surface area (Å²) in [6, 6.07) is 8.44. The van der Waals surface area contributed by atoms with E-state index in [0.29, 0.717) is 5.56 Å². The maximum absolute atomic E-state index is 10.6. The standard InChI is InChI=1S/C11H14N2O4S/c12-9(18)8(14)7(10(15)17-11(13)16)6-4-2-1-3-5-6/h1-5,7-8,10,14-15H,(H2,12,18)(H2,13,16). The molecule has 1 rings (SSSR count). The van der Waals surface area contributed by atoms with Crippen molar-refractivity contribution in [1.29, 1.82) is 0 Å². The van der Waals surface area contributed by atoms with Crippen molar-refractivity contribution in [2.45, 2.75) is 18.3 Å². The Balaban J connectivity index is 3.02. The molecule has 0 bridgehead atoms. The molecule has 0 radical (unpaired) electrons. The average molecular weight is 270 g/mol. The first-order valence-electron chi connectivity index (χ1n) is 5.10. The van der Waals surface area contributed by atoms with E-state index in [0.717, 1.165) is 0 Å². The van der Waals surface area contributed by atoms with E-state index in [1.54, 1.807) is 30.3 Å². The minimum atomic E-state index is -1.64. The van der Waals surface area contributed by atoms with E-state index in [-0.39, 0.29) is 4.99 Å². The number of primary amides is 1. The molecule has 6 N–H and O–H groups in total. The van der Waals surface area contributed by atoms with Gasteiger partial charge in [-0.2, -0.15) is 0 Å². The number of hydrogen-bond acceptors (Lipinski definition) is 5. The molecule has 0 aromatic heterocycles. The second-order valence-electron chi connectivity index (χ2n) is 3.61. The van der Waals surface area contributed by atoms with Crippen LogP contribution in [0.3, 0.4) is 0 Å². The van der Waals surface area contributed by atoms with Crippen LogP contribution < -0.4 is 11.5 Å². The molecular weight excluding hydrogens is 256 g/mol. The largest absolute Gasteiger partial charge is 0.419 e. The van der Waals surface area contributed by atoms with Crippen LogP contribution in [0.15, 0.2) is 30.3 Å². The summed E-state index contributed by atoms with van der Waals surface area (Å²) in [5.41, 5.74) is 10.7. The lowest BCUT2D eigenvalue weighted by atomic mass is 9.92. The minimum absolute atomic E-state index is 0.212. The molecule has 18 heavy (non-hydrogen) atoms. The van der Waals surface area contributed by atoms with Crippen molar-refractivity contribution < 1.29 is 19.7 Å². The summed E-state index contributed by atoms with van der Waals surface area (Å²) < 4.78 is 4.46. The summed E-state index contributed by atoms with van der Waals surface area (Å²) >= 11 is 4.67. The van der Waals surface area contributed by atoms with E-state index < -0.39 is 24.4 Å². The van der Waals surface area contributed by atoms with Crippen molar-refractivity contribution in [3.8, 4) is 0 Å². The van der Waals surface area contributed by atoms with Crippen molar-refractivity contribution >= 4 is 23.3 Å². The number of ether oxygens (including phenoxy) is 1. The highest BCUT2D eigenvalue weighted by molar-refractivity contribution is 7.80. The molecule has 0 spiro atoms. The second kappa shape index (κ2) is 6.29. The number of hydrogen-bond donors (Lipinski definition) is 4. The van der Waals surface area contributed by atoms with Crippen molar-refractivity contribution in [3.05, 3.63) is 35.9 Å². The van der Waals surface area contributed by atoms with E-state index in [4.69, 9.17) is 11.5 Å². The van der Waals surface area contributed by atoms with Crippen LogP contribution in [0.5, 0.6) is 0 Å². The molecule has 3 unspecified atom stereocenters. The Morgan fingerprint density at radius 1 is 1.22 bits per heavy atom. The van der Waals surface area contributed by atoms with E-state index in [9.17, 15) is 15.0 Å². The quantitative estimate of drug-likeness (QED) is 0.436. The Hall–Kier alpha value is -1.70. The number of carbonyl (C=O) groups is 1. The molecule has 1 aromatic rings. The summed E-state index contributed by atoms with van der Waals surface area (Å²) in [6.45, 7) is 0. The Kier molecular flexibility index (Phi) is 5.02. The van der Waals surface area contributed by atoms with Gasteiger partial charge in [-0.25, -0.2) is 4.79 Å². The third-order valence-corrected chi connectivity index (χ3v) is 2.60. The van der Waals surface area contributed by atoms with Crippen LogP contribution in [0.2, 0.25) is 0 Å². The number of amides is 1. The van der Waals surface area contributed by atoms with Crippen molar-refractivity contribution in [2.75, 3.05) is 0 Å². The van der Waals surface area contributed by atoms with Crippen molar-refractivity contribution in [2.24, 2.45) is 11.5 Å². The summed E-state index contributed by atoms with van der Waals surface area (Å²) in [6.07, 6.45) is -4.13. The Morgan fingerprint density at radius 3 is 2.22 bits per heavy atom. The third-order valence-electron chi connectivity index (χ3n) is 2.36. The predicted molar refractivity (Wildman–Crippen MR) is 68.7 cm³/mol. The highest BCUT2D eigenvalue weighted by Crippen LogP contribution is 2.24. The Morgan fingerprint density at radius 2 is 1.78 bits per heavy atom. The number of aliphatic hydroxyl groups excluding tert-OH is 2. The zero-order valence-corrected chi connectivity index (χ0v) is 10.2. The first-order valence-corrected chi connectivity index (χ1v) is 5.50. The molecule has 0 saturated heterocycles. The SMILES string of the molecule is NC(=O)OC(O)C(c1ccccc1)C(O)C(N)=S. The van der Waals surface area contributed by atoms with Gasteiger partial charge in [0, 0.05) is 0 Å².